The van der Waals surface area contributed by atoms with Crippen LogP contribution in [0.15, 0.2) is 6.07 Å². The number of alkyl halides is 1. The van der Waals surface area contributed by atoms with Gasteiger partial charge in [-0.15, -0.1) is 11.6 Å². The first-order valence-electron chi connectivity index (χ1n) is 5.71. The highest BCUT2D eigenvalue weighted by molar-refractivity contribution is 6.17. The van der Waals surface area contributed by atoms with Gasteiger partial charge in [-0.05, 0) is 24.8 Å². The van der Waals surface area contributed by atoms with Crippen molar-refractivity contribution in [2.75, 3.05) is 12.4 Å². The van der Waals surface area contributed by atoms with Gasteiger partial charge in [-0.1, -0.05) is 13.8 Å². The lowest BCUT2D eigenvalue weighted by Gasteiger charge is -2.23. The van der Waals surface area contributed by atoms with E-state index in [2.05, 4.69) is 30.3 Å². The fraction of sp³-hybridized carbons (Fsp3) is 0.750. The SMILES string of the molecule is Cc1cc(CNCC(C)(C)CCCl)n(C)n1. The van der Waals surface area contributed by atoms with Crippen molar-refractivity contribution < 1.29 is 0 Å². The first-order valence-corrected chi connectivity index (χ1v) is 6.24. The second-order valence-corrected chi connectivity index (χ2v) is 5.49. The zero-order valence-corrected chi connectivity index (χ0v) is 11.4. The van der Waals surface area contributed by atoms with E-state index in [0.717, 1.165) is 31.1 Å². The zero-order valence-electron chi connectivity index (χ0n) is 10.7. The van der Waals surface area contributed by atoms with Crippen molar-refractivity contribution >= 4 is 11.6 Å². The third kappa shape index (κ3) is 4.14. The van der Waals surface area contributed by atoms with E-state index in [1.165, 1.54) is 5.69 Å². The number of hydrogen-bond acceptors (Lipinski definition) is 2. The van der Waals surface area contributed by atoms with Crippen LogP contribution in [0.3, 0.4) is 0 Å². The summed E-state index contributed by atoms with van der Waals surface area (Å²) in [6, 6.07) is 2.11. The van der Waals surface area contributed by atoms with Gasteiger partial charge in [0.25, 0.3) is 0 Å². The minimum atomic E-state index is 0.259. The summed E-state index contributed by atoms with van der Waals surface area (Å²) in [7, 11) is 1.98. The standard InChI is InChI=1S/C12H22ClN3/c1-10-7-11(16(4)15-10)8-14-9-12(2,3)5-6-13/h7,14H,5-6,8-9H2,1-4H3. The molecule has 1 heterocycles. The van der Waals surface area contributed by atoms with Crippen molar-refractivity contribution in [1.82, 2.24) is 15.1 Å². The van der Waals surface area contributed by atoms with Crippen LogP contribution in [0.25, 0.3) is 0 Å². The molecule has 0 aromatic carbocycles. The molecule has 1 rings (SSSR count). The van der Waals surface area contributed by atoms with Crippen LogP contribution in [0.5, 0.6) is 0 Å². The molecule has 0 unspecified atom stereocenters. The third-order valence-corrected chi connectivity index (χ3v) is 2.97. The van der Waals surface area contributed by atoms with Crippen LogP contribution < -0.4 is 5.32 Å². The molecule has 0 saturated carbocycles. The van der Waals surface area contributed by atoms with Crippen LogP contribution in [0.1, 0.15) is 31.7 Å². The fourth-order valence-corrected chi connectivity index (χ4v) is 2.21. The normalized spacial score (nSPS) is 12.1. The van der Waals surface area contributed by atoms with Crippen LogP contribution in [0.4, 0.5) is 0 Å². The van der Waals surface area contributed by atoms with Crippen molar-refractivity contribution in [2.45, 2.75) is 33.7 Å². The Kier molecular flexibility index (Phi) is 4.81. The quantitative estimate of drug-likeness (QED) is 0.778. The Balaban J connectivity index is 2.38. The molecule has 0 radical (unpaired) electrons. The van der Waals surface area contributed by atoms with E-state index in [1.54, 1.807) is 0 Å². The first kappa shape index (κ1) is 13.5. The summed E-state index contributed by atoms with van der Waals surface area (Å²) in [6.45, 7) is 8.32. The fourth-order valence-electron chi connectivity index (χ4n) is 1.70. The Morgan fingerprint density at radius 3 is 2.69 bits per heavy atom. The van der Waals surface area contributed by atoms with Gasteiger partial charge in [-0.3, -0.25) is 4.68 Å². The Morgan fingerprint density at radius 2 is 2.19 bits per heavy atom. The largest absolute Gasteiger partial charge is 0.311 e. The van der Waals surface area contributed by atoms with Crippen molar-refractivity contribution in [3.05, 3.63) is 17.5 Å². The Morgan fingerprint density at radius 1 is 1.50 bits per heavy atom. The number of nitrogens with zero attached hydrogens (tertiary/aromatic N) is 2. The monoisotopic (exact) mass is 243 g/mol. The Hall–Kier alpha value is -0.540. The third-order valence-electron chi connectivity index (χ3n) is 2.78. The molecule has 0 saturated heterocycles. The molecule has 3 nitrogen and oxygen atoms in total. The van der Waals surface area contributed by atoms with Gasteiger partial charge in [0.2, 0.25) is 0 Å². The van der Waals surface area contributed by atoms with Crippen molar-refractivity contribution in [3.63, 3.8) is 0 Å². The average molecular weight is 244 g/mol. The molecule has 0 amide bonds. The van der Waals surface area contributed by atoms with Gasteiger partial charge in [-0.2, -0.15) is 5.10 Å². The highest BCUT2D eigenvalue weighted by Gasteiger charge is 2.16. The summed E-state index contributed by atoms with van der Waals surface area (Å²) in [6.07, 6.45) is 1.03. The van der Waals surface area contributed by atoms with Gasteiger partial charge in [0.1, 0.15) is 0 Å². The van der Waals surface area contributed by atoms with E-state index in [1.807, 2.05) is 18.7 Å². The molecular weight excluding hydrogens is 222 g/mol. The lowest BCUT2D eigenvalue weighted by atomic mass is 9.90. The van der Waals surface area contributed by atoms with Gasteiger partial charge < -0.3 is 5.32 Å². The van der Waals surface area contributed by atoms with Gasteiger partial charge in [-0.25, -0.2) is 0 Å². The molecule has 1 N–H and O–H groups in total. The minimum absolute atomic E-state index is 0.259. The van der Waals surface area contributed by atoms with Crippen molar-refractivity contribution in [2.24, 2.45) is 12.5 Å². The molecule has 92 valence electrons. The summed E-state index contributed by atoms with van der Waals surface area (Å²) >= 11 is 5.77. The van der Waals surface area contributed by atoms with Crippen LogP contribution in [-0.2, 0) is 13.6 Å². The first-order chi connectivity index (χ1) is 7.44. The summed E-state index contributed by atoms with van der Waals surface area (Å²) < 4.78 is 1.93. The number of rotatable bonds is 6. The van der Waals surface area contributed by atoms with Crippen LogP contribution in [0.2, 0.25) is 0 Å². The van der Waals surface area contributed by atoms with Crippen LogP contribution in [-0.4, -0.2) is 22.2 Å². The molecule has 0 atom stereocenters. The van der Waals surface area contributed by atoms with Gasteiger partial charge in [0, 0.05) is 26.0 Å². The molecule has 0 aliphatic rings. The number of aromatic nitrogens is 2. The zero-order chi connectivity index (χ0) is 12.2. The summed E-state index contributed by atoms with van der Waals surface area (Å²) in [5, 5.41) is 7.78. The predicted molar refractivity (Wildman–Crippen MR) is 68.8 cm³/mol. The van der Waals surface area contributed by atoms with E-state index in [-0.39, 0.29) is 5.41 Å². The molecule has 0 bridgehead atoms. The van der Waals surface area contributed by atoms with Gasteiger partial charge >= 0.3 is 0 Å². The maximum atomic E-state index is 5.77. The Labute approximate surface area is 103 Å². The molecule has 0 spiro atoms. The van der Waals surface area contributed by atoms with E-state index < -0.39 is 0 Å². The number of aryl methyl sites for hydroxylation is 2. The van der Waals surface area contributed by atoms with E-state index in [0.29, 0.717) is 0 Å². The smallest absolute Gasteiger partial charge is 0.0597 e. The topological polar surface area (TPSA) is 29.9 Å². The van der Waals surface area contributed by atoms with Crippen LogP contribution in [0, 0.1) is 12.3 Å². The molecular formula is C12H22ClN3. The maximum Gasteiger partial charge on any atom is 0.0597 e. The molecule has 1 aromatic rings. The molecule has 4 heteroatoms. The summed E-state index contributed by atoms with van der Waals surface area (Å²) in [5.74, 6) is 0.722. The Bertz CT molecular complexity index is 331. The van der Waals surface area contributed by atoms with Crippen LogP contribution >= 0.6 is 11.6 Å². The highest BCUT2D eigenvalue weighted by atomic mass is 35.5. The number of nitrogens with one attached hydrogen (secondary N) is 1. The molecule has 0 aliphatic heterocycles. The van der Waals surface area contributed by atoms with Crippen molar-refractivity contribution in [3.8, 4) is 0 Å². The second-order valence-electron chi connectivity index (χ2n) is 5.11. The van der Waals surface area contributed by atoms with E-state index in [4.69, 9.17) is 11.6 Å². The minimum Gasteiger partial charge on any atom is -0.311 e. The number of halogens is 1. The summed E-state index contributed by atoms with van der Waals surface area (Å²) in [4.78, 5) is 0. The molecule has 0 fully saturated rings. The lowest BCUT2D eigenvalue weighted by molar-refractivity contribution is 0.328. The lowest BCUT2D eigenvalue weighted by Crippen LogP contribution is -2.30. The predicted octanol–water partition coefficient (Wildman–Crippen LogP) is 2.47. The highest BCUT2D eigenvalue weighted by Crippen LogP contribution is 2.19. The van der Waals surface area contributed by atoms with Gasteiger partial charge in [0.15, 0.2) is 0 Å². The molecule has 1 aromatic heterocycles. The molecule has 16 heavy (non-hydrogen) atoms. The van der Waals surface area contributed by atoms with Gasteiger partial charge in [0.05, 0.1) is 11.4 Å². The van der Waals surface area contributed by atoms with E-state index in [9.17, 15) is 0 Å². The number of hydrogen-bond donors (Lipinski definition) is 1. The molecule has 0 aliphatic carbocycles. The van der Waals surface area contributed by atoms with E-state index >= 15 is 0 Å². The maximum absolute atomic E-state index is 5.77. The summed E-state index contributed by atoms with van der Waals surface area (Å²) in [5.41, 5.74) is 2.55. The average Bonchev–Trinajstić information content (AvgIpc) is 2.44. The van der Waals surface area contributed by atoms with Crippen molar-refractivity contribution in [1.29, 1.82) is 0 Å². The second kappa shape index (κ2) is 5.69.